The van der Waals surface area contributed by atoms with Crippen LogP contribution in [0.2, 0.25) is 0 Å². The number of nitrogens with one attached hydrogen (secondary N) is 1. The van der Waals surface area contributed by atoms with Gasteiger partial charge in [-0.3, -0.25) is 0 Å². The quantitative estimate of drug-likeness (QED) is 0.860. The van der Waals surface area contributed by atoms with Gasteiger partial charge in [0.2, 0.25) is 10.0 Å². The first-order valence-electron chi connectivity index (χ1n) is 9.08. The zero-order valence-electron chi connectivity index (χ0n) is 14.8. The first-order chi connectivity index (χ1) is 12.5. The van der Waals surface area contributed by atoms with Gasteiger partial charge in [0.1, 0.15) is 6.10 Å². The van der Waals surface area contributed by atoms with Crippen LogP contribution >= 0.6 is 0 Å². The molecule has 4 rings (SSSR count). The van der Waals surface area contributed by atoms with Gasteiger partial charge in [0.05, 0.1) is 11.0 Å². The van der Waals surface area contributed by atoms with Crippen molar-refractivity contribution in [3.05, 3.63) is 41.0 Å². The summed E-state index contributed by atoms with van der Waals surface area (Å²) in [5, 5.41) is 3.77. The lowest BCUT2D eigenvalue weighted by atomic mass is 9.92. The Bertz CT molecular complexity index is 894. The molecule has 0 radical (unpaired) electrons. The van der Waals surface area contributed by atoms with E-state index in [-0.39, 0.29) is 18.8 Å². The van der Waals surface area contributed by atoms with Crippen LogP contribution in [0.25, 0.3) is 0 Å². The Hall–Kier alpha value is -1.77. The molecule has 1 aromatic heterocycles. The molecule has 1 saturated heterocycles. The van der Waals surface area contributed by atoms with Gasteiger partial charge in [0, 0.05) is 6.54 Å². The molecule has 7 nitrogen and oxygen atoms in total. The lowest BCUT2D eigenvalue weighted by Crippen LogP contribution is -2.32. The molecule has 2 aliphatic rings. The molecule has 8 heteroatoms. The van der Waals surface area contributed by atoms with Crippen molar-refractivity contribution in [1.82, 2.24) is 14.9 Å². The summed E-state index contributed by atoms with van der Waals surface area (Å²) in [5.74, 6) is 1.03. The zero-order valence-corrected chi connectivity index (χ0v) is 15.6. The number of ether oxygens (including phenoxy) is 1. The molecule has 1 aliphatic heterocycles. The molecule has 2 heterocycles. The molecule has 0 unspecified atom stereocenters. The van der Waals surface area contributed by atoms with Crippen molar-refractivity contribution in [2.24, 2.45) is 0 Å². The molecule has 0 amide bonds. The van der Waals surface area contributed by atoms with Gasteiger partial charge in [-0.1, -0.05) is 11.2 Å². The molecule has 0 bridgehead atoms. The summed E-state index contributed by atoms with van der Waals surface area (Å²) >= 11 is 0. The number of hydrogen-bond acceptors (Lipinski definition) is 6. The van der Waals surface area contributed by atoms with Crippen molar-refractivity contribution in [1.29, 1.82) is 0 Å². The van der Waals surface area contributed by atoms with E-state index in [1.54, 1.807) is 13.0 Å². The lowest BCUT2D eigenvalue weighted by Gasteiger charge is -2.17. The number of fused-ring (bicyclic) bond motifs is 1. The molecule has 1 aliphatic carbocycles. The summed E-state index contributed by atoms with van der Waals surface area (Å²) in [6.45, 7) is 2.00. The monoisotopic (exact) mass is 377 g/mol. The first-order valence-corrected chi connectivity index (χ1v) is 10.6. The Labute approximate surface area is 153 Å². The molecule has 1 aromatic carbocycles. The van der Waals surface area contributed by atoms with Crippen molar-refractivity contribution >= 4 is 10.0 Å². The molecule has 1 N–H and O–H groups in total. The minimum atomic E-state index is -3.54. The highest BCUT2D eigenvalue weighted by atomic mass is 32.2. The second kappa shape index (κ2) is 7.09. The maximum Gasteiger partial charge on any atom is 0.255 e. The highest BCUT2D eigenvalue weighted by molar-refractivity contribution is 7.89. The van der Waals surface area contributed by atoms with Crippen molar-refractivity contribution in [2.45, 2.75) is 62.6 Å². The normalized spacial score (nSPS) is 23.1. The van der Waals surface area contributed by atoms with E-state index in [0.29, 0.717) is 16.6 Å². The van der Waals surface area contributed by atoms with Gasteiger partial charge in [0.25, 0.3) is 5.89 Å². The van der Waals surface area contributed by atoms with Crippen LogP contribution < -0.4 is 4.72 Å². The molecule has 26 heavy (non-hydrogen) atoms. The molecule has 0 spiro atoms. The fraction of sp³-hybridized carbons (Fsp3) is 0.556. The van der Waals surface area contributed by atoms with E-state index >= 15 is 0 Å². The summed E-state index contributed by atoms with van der Waals surface area (Å²) in [7, 11) is -3.54. The Morgan fingerprint density at radius 3 is 2.77 bits per heavy atom. The number of aryl methyl sites for hydroxylation is 3. The highest BCUT2D eigenvalue weighted by Crippen LogP contribution is 2.31. The Morgan fingerprint density at radius 2 is 2.00 bits per heavy atom. The summed E-state index contributed by atoms with van der Waals surface area (Å²) in [6, 6.07) is 5.46. The van der Waals surface area contributed by atoms with Gasteiger partial charge in [0.15, 0.2) is 5.82 Å². The van der Waals surface area contributed by atoms with Crippen LogP contribution in [0.1, 0.15) is 54.6 Å². The molecule has 2 aromatic rings. The highest BCUT2D eigenvalue weighted by Gasteiger charge is 2.31. The van der Waals surface area contributed by atoms with E-state index in [4.69, 9.17) is 9.26 Å². The fourth-order valence-corrected chi connectivity index (χ4v) is 4.76. The Balaban J connectivity index is 1.38. The number of aromatic nitrogens is 2. The van der Waals surface area contributed by atoms with Gasteiger partial charge in [-0.25, -0.2) is 13.1 Å². The second-order valence-electron chi connectivity index (χ2n) is 6.99. The van der Waals surface area contributed by atoms with E-state index in [1.165, 1.54) is 12.0 Å². The summed E-state index contributed by atoms with van der Waals surface area (Å²) in [6.07, 6.45) is 5.33. The maximum absolute atomic E-state index is 12.6. The smallest absolute Gasteiger partial charge is 0.255 e. The number of benzene rings is 1. The largest absolute Gasteiger partial charge is 0.364 e. The van der Waals surface area contributed by atoms with Crippen LogP contribution in [0.4, 0.5) is 0 Å². The van der Waals surface area contributed by atoms with E-state index in [2.05, 4.69) is 14.9 Å². The predicted octanol–water partition coefficient (Wildman–Crippen LogP) is 2.46. The first kappa shape index (κ1) is 17.6. The number of rotatable bonds is 5. The topological polar surface area (TPSA) is 94.3 Å². The van der Waals surface area contributed by atoms with E-state index in [0.717, 1.165) is 37.7 Å². The van der Waals surface area contributed by atoms with Gasteiger partial charge >= 0.3 is 0 Å². The third-order valence-electron chi connectivity index (χ3n) is 5.06. The molecule has 1 fully saturated rings. The van der Waals surface area contributed by atoms with Crippen molar-refractivity contribution in [3.63, 3.8) is 0 Å². The van der Waals surface area contributed by atoms with Gasteiger partial charge in [-0.2, -0.15) is 4.98 Å². The van der Waals surface area contributed by atoms with Crippen molar-refractivity contribution < 1.29 is 17.7 Å². The fourth-order valence-electron chi connectivity index (χ4n) is 3.64. The summed E-state index contributed by atoms with van der Waals surface area (Å²) in [5.41, 5.74) is 2.43. The van der Waals surface area contributed by atoms with Crippen LogP contribution in [0.5, 0.6) is 0 Å². The summed E-state index contributed by atoms with van der Waals surface area (Å²) in [4.78, 5) is 4.52. The van der Waals surface area contributed by atoms with E-state index in [1.807, 2.05) is 12.1 Å². The number of nitrogens with zero attached hydrogens (tertiary/aromatic N) is 2. The molecule has 2 atom stereocenters. The minimum absolute atomic E-state index is 0.195. The lowest BCUT2D eigenvalue weighted by molar-refractivity contribution is 0.0290. The average Bonchev–Trinajstić information content (AvgIpc) is 3.28. The van der Waals surface area contributed by atoms with Gasteiger partial charge in [-0.15, -0.1) is 0 Å². The maximum atomic E-state index is 12.6. The average molecular weight is 377 g/mol. The molecule has 0 saturated carbocycles. The van der Waals surface area contributed by atoms with Crippen LogP contribution in [-0.2, 0) is 27.6 Å². The van der Waals surface area contributed by atoms with Crippen LogP contribution in [0.3, 0.4) is 0 Å². The number of hydrogen-bond donors (Lipinski definition) is 1. The molecular formula is C18H23N3O4S. The predicted molar refractivity (Wildman–Crippen MR) is 94.2 cm³/mol. The standard InChI is InChI=1S/C18H23N3O4S/c1-12-20-18(25-21-12)17-9-7-15(24-17)11-19-26(22,23)16-8-6-13-4-2-3-5-14(13)10-16/h6,8,10,15,17,19H,2-5,7,9,11H2,1H3/t15-,17+/m1/s1. The van der Waals surface area contributed by atoms with Gasteiger partial charge in [-0.05, 0) is 68.7 Å². The second-order valence-corrected chi connectivity index (χ2v) is 8.76. The molecular weight excluding hydrogens is 354 g/mol. The van der Waals surface area contributed by atoms with Crippen LogP contribution in [0, 0.1) is 6.92 Å². The Kier molecular flexibility index (Phi) is 4.81. The third kappa shape index (κ3) is 3.67. The van der Waals surface area contributed by atoms with E-state index < -0.39 is 10.0 Å². The number of sulfonamides is 1. The SMILES string of the molecule is Cc1noc([C@@H]2CC[C@H](CNS(=O)(=O)c3ccc4c(c3)CCCC4)O2)n1. The van der Waals surface area contributed by atoms with Crippen LogP contribution in [0.15, 0.2) is 27.6 Å². The summed E-state index contributed by atoms with van der Waals surface area (Å²) < 4.78 is 38.9. The van der Waals surface area contributed by atoms with Crippen molar-refractivity contribution in [3.8, 4) is 0 Å². The van der Waals surface area contributed by atoms with Crippen LogP contribution in [-0.4, -0.2) is 31.2 Å². The molecule has 140 valence electrons. The van der Waals surface area contributed by atoms with Crippen molar-refractivity contribution in [2.75, 3.05) is 6.54 Å². The Morgan fingerprint density at radius 1 is 1.19 bits per heavy atom. The third-order valence-corrected chi connectivity index (χ3v) is 6.48. The van der Waals surface area contributed by atoms with E-state index in [9.17, 15) is 8.42 Å². The minimum Gasteiger partial charge on any atom is -0.364 e. The van der Waals surface area contributed by atoms with Gasteiger partial charge < -0.3 is 9.26 Å². The zero-order chi connectivity index (χ0) is 18.1.